The van der Waals surface area contributed by atoms with E-state index in [-0.39, 0.29) is 17.5 Å². The number of hydrogen-bond donors (Lipinski definition) is 1. The maximum Gasteiger partial charge on any atom is 0.262 e. The number of benzene rings is 2. The van der Waals surface area contributed by atoms with Crippen molar-refractivity contribution >= 4 is 23.2 Å². The Balaban J connectivity index is 1.97. The highest BCUT2D eigenvalue weighted by Crippen LogP contribution is 2.24. The molecule has 0 heterocycles. The van der Waals surface area contributed by atoms with Crippen LogP contribution in [0, 0.1) is 5.82 Å². The van der Waals surface area contributed by atoms with Crippen LogP contribution in [0.15, 0.2) is 42.5 Å². The van der Waals surface area contributed by atoms with Crippen molar-refractivity contribution in [1.29, 1.82) is 0 Å². The van der Waals surface area contributed by atoms with Gasteiger partial charge in [0, 0.05) is 11.8 Å². The zero-order chi connectivity index (χ0) is 16.1. The quantitative estimate of drug-likeness (QED) is 0.872. The lowest BCUT2D eigenvalue weighted by Gasteiger charge is -2.14. The number of rotatable bonds is 5. The second-order valence-corrected chi connectivity index (χ2v) is 5.56. The summed E-state index contributed by atoms with van der Waals surface area (Å²) >= 11 is 5.66. The zero-order valence-corrected chi connectivity index (χ0v) is 13.2. The Morgan fingerprint density at radius 3 is 2.68 bits per heavy atom. The highest BCUT2D eigenvalue weighted by atomic mass is 35.5. The van der Waals surface area contributed by atoms with Gasteiger partial charge in [-0.2, -0.15) is 0 Å². The van der Waals surface area contributed by atoms with E-state index in [9.17, 15) is 9.18 Å². The standard InChI is InChI=1S/C17H17ClFNO2/c1-11(2)13-5-3-4-6-16(13)20-17(21)10-22-12-7-8-15(19)14(18)9-12/h3-9,11H,10H2,1-2H3,(H,20,21). The van der Waals surface area contributed by atoms with Crippen molar-refractivity contribution in [2.45, 2.75) is 19.8 Å². The minimum atomic E-state index is -0.524. The summed E-state index contributed by atoms with van der Waals surface area (Å²) in [7, 11) is 0. The largest absolute Gasteiger partial charge is 0.484 e. The summed E-state index contributed by atoms with van der Waals surface area (Å²) in [6.07, 6.45) is 0. The molecule has 0 bridgehead atoms. The van der Waals surface area contributed by atoms with E-state index >= 15 is 0 Å². The van der Waals surface area contributed by atoms with Gasteiger partial charge in [0.2, 0.25) is 0 Å². The number of hydrogen-bond acceptors (Lipinski definition) is 2. The van der Waals surface area contributed by atoms with Gasteiger partial charge in [0.05, 0.1) is 5.02 Å². The van der Waals surface area contributed by atoms with Crippen molar-refractivity contribution in [3.8, 4) is 5.75 Å². The minimum Gasteiger partial charge on any atom is -0.484 e. The molecule has 0 saturated heterocycles. The van der Waals surface area contributed by atoms with Crippen molar-refractivity contribution in [1.82, 2.24) is 0 Å². The van der Waals surface area contributed by atoms with Crippen LogP contribution in [-0.2, 0) is 4.79 Å². The van der Waals surface area contributed by atoms with E-state index in [1.807, 2.05) is 24.3 Å². The highest BCUT2D eigenvalue weighted by molar-refractivity contribution is 6.30. The van der Waals surface area contributed by atoms with Crippen LogP contribution in [0.3, 0.4) is 0 Å². The lowest BCUT2D eigenvalue weighted by molar-refractivity contribution is -0.118. The van der Waals surface area contributed by atoms with Gasteiger partial charge in [-0.15, -0.1) is 0 Å². The van der Waals surface area contributed by atoms with Crippen molar-refractivity contribution in [3.05, 3.63) is 58.9 Å². The van der Waals surface area contributed by atoms with Gasteiger partial charge in [0.1, 0.15) is 11.6 Å². The van der Waals surface area contributed by atoms with Gasteiger partial charge in [-0.05, 0) is 29.7 Å². The number of anilines is 1. The van der Waals surface area contributed by atoms with E-state index in [0.29, 0.717) is 11.7 Å². The normalized spacial score (nSPS) is 10.6. The van der Waals surface area contributed by atoms with E-state index in [1.54, 1.807) is 0 Å². The van der Waals surface area contributed by atoms with Gasteiger partial charge in [0.15, 0.2) is 6.61 Å². The van der Waals surface area contributed by atoms with Gasteiger partial charge in [-0.3, -0.25) is 4.79 Å². The maximum absolute atomic E-state index is 13.0. The van der Waals surface area contributed by atoms with Crippen LogP contribution in [0.25, 0.3) is 0 Å². The highest BCUT2D eigenvalue weighted by Gasteiger charge is 2.10. The topological polar surface area (TPSA) is 38.3 Å². The molecule has 0 radical (unpaired) electrons. The number of carbonyl (C=O) groups is 1. The van der Waals surface area contributed by atoms with E-state index in [2.05, 4.69) is 19.2 Å². The van der Waals surface area contributed by atoms with Crippen LogP contribution in [-0.4, -0.2) is 12.5 Å². The molecule has 2 aromatic carbocycles. The summed E-state index contributed by atoms with van der Waals surface area (Å²) in [6, 6.07) is 11.6. The lowest BCUT2D eigenvalue weighted by atomic mass is 10.0. The minimum absolute atomic E-state index is 0.0388. The third-order valence-electron chi connectivity index (χ3n) is 3.12. The number of amides is 1. The van der Waals surface area contributed by atoms with Crippen LogP contribution in [0.4, 0.5) is 10.1 Å². The Morgan fingerprint density at radius 2 is 2.00 bits per heavy atom. The van der Waals surface area contributed by atoms with E-state index in [4.69, 9.17) is 16.3 Å². The van der Waals surface area contributed by atoms with Gasteiger partial charge < -0.3 is 10.1 Å². The SMILES string of the molecule is CC(C)c1ccccc1NC(=O)COc1ccc(F)c(Cl)c1. The fourth-order valence-corrected chi connectivity index (χ4v) is 2.19. The Morgan fingerprint density at radius 1 is 1.27 bits per heavy atom. The fraction of sp³-hybridized carbons (Fsp3) is 0.235. The molecule has 3 nitrogen and oxygen atoms in total. The molecule has 0 fully saturated rings. The van der Waals surface area contributed by atoms with Gasteiger partial charge in [-0.25, -0.2) is 4.39 Å². The molecule has 0 aliphatic carbocycles. The predicted octanol–water partition coefficient (Wildman–Crippen LogP) is 4.62. The van der Waals surface area contributed by atoms with Gasteiger partial charge in [0.25, 0.3) is 5.91 Å². The molecule has 0 unspecified atom stereocenters. The average molecular weight is 322 g/mol. The molecular formula is C17H17ClFNO2. The second-order valence-electron chi connectivity index (χ2n) is 5.15. The summed E-state index contributed by atoms with van der Waals surface area (Å²) in [4.78, 5) is 12.0. The number of ether oxygens (including phenoxy) is 1. The summed E-state index contributed by atoms with van der Waals surface area (Å²) < 4.78 is 18.4. The molecule has 2 aromatic rings. The second kappa shape index (κ2) is 7.27. The summed E-state index contributed by atoms with van der Waals surface area (Å²) in [5.74, 6) is -0.162. The number of nitrogens with one attached hydrogen (secondary N) is 1. The van der Waals surface area contributed by atoms with Crippen LogP contribution < -0.4 is 10.1 Å². The number of halogens is 2. The first-order valence-electron chi connectivity index (χ1n) is 6.94. The maximum atomic E-state index is 13.0. The molecule has 0 saturated carbocycles. The Hall–Kier alpha value is -2.07. The molecule has 1 N–H and O–H groups in total. The molecule has 0 aliphatic rings. The molecule has 5 heteroatoms. The van der Waals surface area contributed by atoms with Crippen LogP contribution in [0.5, 0.6) is 5.75 Å². The monoisotopic (exact) mass is 321 g/mol. The van der Waals surface area contributed by atoms with Crippen LogP contribution >= 0.6 is 11.6 Å². The van der Waals surface area contributed by atoms with Crippen molar-refractivity contribution in [3.63, 3.8) is 0 Å². The van der Waals surface area contributed by atoms with Crippen molar-refractivity contribution < 1.29 is 13.9 Å². The van der Waals surface area contributed by atoms with Gasteiger partial charge >= 0.3 is 0 Å². The number of carbonyl (C=O) groups excluding carboxylic acids is 1. The first-order chi connectivity index (χ1) is 10.5. The Labute approximate surface area is 134 Å². The van der Waals surface area contributed by atoms with Crippen molar-refractivity contribution in [2.75, 3.05) is 11.9 Å². The van der Waals surface area contributed by atoms with Crippen LogP contribution in [0.1, 0.15) is 25.3 Å². The molecule has 22 heavy (non-hydrogen) atoms. The molecule has 0 atom stereocenters. The molecule has 0 aromatic heterocycles. The van der Waals surface area contributed by atoms with Crippen molar-refractivity contribution in [2.24, 2.45) is 0 Å². The summed E-state index contributed by atoms with van der Waals surface area (Å²) in [5.41, 5.74) is 1.82. The Kier molecular flexibility index (Phi) is 5.39. The predicted molar refractivity (Wildman–Crippen MR) is 86.1 cm³/mol. The summed E-state index contributed by atoms with van der Waals surface area (Å²) in [6.45, 7) is 3.94. The third kappa shape index (κ3) is 4.21. The average Bonchev–Trinajstić information content (AvgIpc) is 2.49. The molecule has 2 rings (SSSR count). The van der Waals surface area contributed by atoms with E-state index < -0.39 is 5.82 Å². The van der Waals surface area contributed by atoms with Crippen LogP contribution in [0.2, 0.25) is 5.02 Å². The zero-order valence-electron chi connectivity index (χ0n) is 12.4. The van der Waals surface area contributed by atoms with E-state index in [1.165, 1.54) is 18.2 Å². The Bertz CT molecular complexity index is 673. The third-order valence-corrected chi connectivity index (χ3v) is 3.41. The first-order valence-corrected chi connectivity index (χ1v) is 7.32. The molecule has 1 amide bonds. The van der Waals surface area contributed by atoms with Gasteiger partial charge in [-0.1, -0.05) is 43.6 Å². The smallest absolute Gasteiger partial charge is 0.262 e. The molecule has 0 spiro atoms. The number of para-hydroxylation sites is 1. The molecule has 116 valence electrons. The summed E-state index contributed by atoms with van der Waals surface area (Å²) in [5, 5.41) is 2.78. The lowest BCUT2D eigenvalue weighted by Crippen LogP contribution is -2.21. The molecular weight excluding hydrogens is 305 g/mol. The first kappa shape index (κ1) is 16.3. The fourth-order valence-electron chi connectivity index (χ4n) is 2.02. The molecule has 0 aliphatic heterocycles. The van der Waals surface area contributed by atoms with E-state index in [0.717, 1.165) is 11.3 Å².